The highest BCUT2D eigenvalue weighted by Gasteiger charge is 2.26. The standard InChI is InChI=1S/C22H28N2O3S/c1-3-18-10-6-7-11-21(18)23-22(25)20-16-19(13-12-17(20)2)28(26,27)24-14-8-4-5-9-15-24/h6-7,10-13,16H,3-5,8-9,14-15H2,1-2H3,(H,23,25). The largest absolute Gasteiger partial charge is 0.322 e. The van der Waals surface area contributed by atoms with Gasteiger partial charge in [0.05, 0.1) is 4.90 Å². The van der Waals surface area contributed by atoms with Gasteiger partial charge in [0.25, 0.3) is 5.91 Å². The number of amides is 1. The summed E-state index contributed by atoms with van der Waals surface area (Å²) < 4.78 is 27.7. The lowest BCUT2D eigenvalue weighted by Crippen LogP contribution is -2.32. The van der Waals surface area contributed by atoms with Crippen molar-refractivity contribution in [2.24, 2.45) is 0 Å². The van der Waals surface area contributed by atoms with Crippen LogP contribution in [0.2, 0.25) is 0 Å². The molecule has 1 saturated heterocycles. The Bertz CT molecular complexity index is 946. The van der Waals surface area contributed by atoms with Crippen LogP contribution in [0.3, 0.4) is 0 Å². The third kappa shape index (κ3) is 4.45. The molecule has 6 heteroatoms. The number of carbonyl (C=O) groups is 1. The van der Waals surface area contributed by atoms with Crippen LogP contribution in [-0.2, 0) is 16.4 Å². The first-order chi connectivity index (χ1) is 13.4. The van der Waals surface area contributed by atoms with E-state index in [1.165, 1.54) is 6.07 Å². The number of anilines is 1. The summed E-state index contributed by atoms with van der Waals surface area (Å²) in [5, 5.41) is 2.94. The molecule has 0 unspecified atom stereocenters. The van der Waals surface area contributed by atoms with Crippen molar-refractivity contribution in [1.82, 2.24) is 4.31 Å². The molecule has 2 aromatic rings. The molecule has 1 fully saturated rings. The van der Waals surface area contributed by atoms with Crippen LogP contribution >= 0.6 is 0 Å². The number of hydrogen-bond acceptors (Lipinski definition) is 3. The number of aryl methyl sites for hydroxylation is 2. The van der Waals surface area contributed by atoms with E-state index in [1.54, 1.807) is 16.4 Å². The molecule has 28 heavy (non-hydrogen) atoms. The number of benzene rings is 2. The summed E-state index contributed by atoms with van der Waals surface area (Å²) in [6.07, 6.45) is 4.69. The molecule has 1 aliphatic rings. The van der Waals surface area contributed by atoms with Crippen LogP contribution in [0, 0.1) is 6.92 Å². The predicted molar refractivity (Wildman–Crippen MR) is 112 cm³/mol. The first kappa shape index (κ1) is 20.6. The van der Waals surface area contributed by atoms with E-state index >= 15 is 0 Å². The van der Waals surface area contributed by atoms with Crippen LogP contribution in [0.1, 0.15) is 54.1 Å². The van der Waals surface area contributed by atoms with Gasteiger partial charge in [-0.15, -0.1) is 0 Å². The molecule has 0 aliphatic carbocycles. The van der Waals surface area contributed by atoms with Crippen molar-refractivity contribution in [2.45, 2.75) is 50.8 Å². The normalized spacial score (nSPS) is 15.8. The molecule has 5 nitrogen and oxygen atoms in total. The number of hydrogen-bond donors (Lipinski definition) is 1. The van der Waals surface area contributed by atoms with Crippen molar-refractivity contribution in [2.75, 3.05) is 18.4 Å². The van der Waals surface area contributed by atoms with Crippen LogP contribution in [0.25, 0.3) is 0 Å². The van der Waals surface area contributed by atoms with Gasteiger partial charge in [-0.2, -0.15) is 4.31 Å². The molecule has 0 bridgehead atoms. The van der Waals surface area contributed by atoms with Gasteiger partial charge in [0.15, 0.2) is 0 Å². The van der Waals surface area contributed by atoms with Crippen molar-refractivity contribution >= 4 is 21.6 Å². The molecule has 1 amide bonds. The minimum absolute atomic E-state index is 0.189. The maximum Gasteiger partial charge on any atom is 0.255 e. The Hall–Kier alpha value is -2.18. The zero-order valence-corrected chi connectivity index (χ0v) is 17.4. The molecule has 0 radical (unpaired) electrons. The third-order valence-electron chi connectivity index (χ3n) is 5.30. The number of nitrogens with zero attached hydrogens (tertiary/aromatic N) is 1. The lowest BCUT2D eigenvalue weighted by Gasteiger charge is -2.20. The van der Waals surface area contributed by atoms with Crippen LogP contribution < -0.4 is 5.32 Å². The van der Waals surface area contributed by atoms with Gasteiger partial charge in [-0.3, -0.25) is 4.79 Å². The minimum Gasteiger partial charge on any atom is -0.322 e. The van der Waals surface area contributed by atoms with E-state index < -0.39 is 10.0 Å². The number of nitrogens with one attached hydrogen (secondary N) is 1. The second-order valence-corrected chi connectivity index (χ2v) is 9.20. The van der Waals surface area contributed by atoms with Gasteiger partial charge in [0.1, 0.15) is 0 Å². The van der Waals surface area contributed by atoms with Gasteiger partial charge in [-0.1, -0.05) is 44.0 Å². The van der Waals surface area contributed by atoms with Crippen LogP contribution in [0.4, 0.5) is 5.69 Å². The average Bonchev–Trinajstić information content (AvgIpc) is 2.98. The fourth-order valence-corrected chi connectivity index (χ4v) is 5.12. The molecule has 150 valence electrons. The third-order valence-corrected chi connectivity index (χ3v) is 7.20. The van der Waals surface area contributed by atoms with Gasteiger partial charge in [-0.05, 0) is 55.5 Å². The number of carbonyl (C=O) groups excluding carboxylic acids is 1. The van der Waals surface area contributed by atoms with Crippen LogP contribution in [0.15, 0.2) is 47.4 Å². The van der Waals surface area contributed by atoms with E-state index in [0.717, 1.165) is 48.9 Å². The van der Waals surface area contributed by atoms with Crippen molar-refractivity contribution in [3.8, 4) is 0 Å². The van der Waals surface area contributed by atoms with E-state index in [0.29, 0.717) is 18.7 Å². The van der Waals surface area contributed by atoms with Crippen LogP contribution in [-0.4, -0.2) is 31.7 Å². The quantitative estimate of drug-likeness (QED) is 0.810. The zero-order chi connectivity index (χ0) is 20.1. The van der Waals surface area contributed by atoms with E-state index in [-0.39, 0.29) is 10.8 Å². The Balaban J connectivity index is 1.89. The summed E-state index contributed by atoms with van der Waals surface area (Å²) in [4.78, 5) is 13.1. The highest BCUT2D eigenvalue weighted by Crippen LogP contribution is 2.24. The summed E-state index contributed by atoms with van der Waals surface area (Å²) in [5.74, 6) is -0.286. The molecule has 0 spiro atoms. The van der Waals surface area contributed by atoms with Crippen molar-refractivity contribution < 1.29 is 13.2 Å². The maximum absolute atomic E-state index is 13.1. The summed E-state index contributed by atoms with van der Waals surface area (Å²) in [6, 6.07) is 12.5. The molecule has 1 aliphatic heterocycles. The molecular weight excluding hydrogens is 372 g/mol. The Kier molecular flexibility index (Phi) is 6.52. The molecule has 1 heterocycles. The Morgan fingerprint density at radius 1 is 1.04 bits per heavy atom. The average molecular weight is 401 g/mol. The van der Waals surface area contributed by atoms with Gasteiger partial charge < -0.3 is 5.32 Å². The van der Waals surface area contributed by atoms with E-state index in [4.69, 9.17) is 0 Å². The topological polar surface area (TPSA) is 66.5 Å². The summed E-state index contributed by atoms with van der Waals surface area (Å²) in [7, 11) is -3.59. The smallest absolute Gasteiger partial charge is 0.255 e. The first-order valence-corrected chi connectivity index (χ1v) is 11.4. The minimum atomic E-state index is -3.59. The van der Waals surface area contributed by atoms with E-state index in [1.807, 2.05) is 38.1 Å². The SMILES string of the molecule is CCc1ccccc1NC(=O)c1cc(S(=O)(=O)N2CCCCCC2)ccc1C. The van der Waals surface area contributed by atoms with E-state index in [9.17, 15) is 13.2 Å². The molecule has 1 N–H and O–H groups in total. The second kappa shape index (κ2) is 8.88. The maximum atomic E-state index is 13.1. The summed E-state index contributed by atoms with van der Waals surface area (Å²) >= 11 is 0. The fourth-order valence-electron chi connectivity index (χ4n) is 3.58. The molecule has 0 atom stereocenters. The lowest BCUT2D eigenvalue weighted by molar-refractivity contribution is 0.102. The molecule has 3 rings (SSSR count). The monoisotopic (exact) mass is 400 g/mol. The van der Waals surface area contributed by atoms with Crippen LogP contribution in [0.5, 0.6) is 0 Å². The highest BCUT2D eigenvalue weighted by molar-refractivity contribution is 7.89. The Morgan fingerprint density at radius 3 is 2.39 bits per heavy atom. The number of para-hydroxylation sites is 1. The van der Waals surface area contributed by atoms with Gasteiger partial charge in [0, 0.05) is 24.3 Å². The Morgan fingerprint density at radius 2 is 1.71 bits per heavy atom. The first-order valence-electron chi connectivity index (χ1n) is 9.93. The zero-order valence-electron chi connectivity index (χ0n) is 16.6. The second-order valence-electron chi connectivity index (χ2n) is 7.26. The Labute approximate surface area is 167 Å². The number of sulfonamides is 1. The highest BCUT2D eigenvalue weighted by atomic mass is 32.2. The molecule has 2 aromatic carbocycles. The van der Waals surface area contributed by atoms with Crippen molar-refractivity contribution in [3.63, 3.8) is 0 Å². The molecule has 0 saturated carbocycles. The van der Waals surface area contributed by atoms with Crippen molar-refractivity contribution in [3.05, 3.63) is 59.2 Å². The number of rotatable bonds is 5. The lowest BCUT2D eigenvalue weighted by atomic mass is 10.1. The van der Waals surface area contributed by atoms with Gasteiger partial charge in [0.2, 0.25) is 10.0 Å². The molecular formula is C22H28N2O3S. The van der Waals surface area contributed by atoms with E-state index in [2.05, 4.69) is 5.32 Å². The van der Waals surface area contributed by atoms with Crippen molar-refractivity contribution in [1.29, 1.82) is 0 Å². The summed E-state index contributed by atoms with van der Waals surface area (Å²) in [5.41, 5.74) is 2.94. The fraction of sp³-hybridized carbons (Fsp3) is 0.409. The van der Waals surface area contributed by atoms with Gasteiger partial charge >= 0.3 is 0 Å². The van der Waals surface area contributed by atoms with Gasteiger partial charge in [-0.25, -0.2) is 8.42 Å². The summed E-state index contributed by atoms with van der Waals surface area (Å²) in [6.45, 7) is 4.94. The molecule has 0 aromatic heterocycles. The predicted octanol–water partition coefficient (Wildman–Crippen LogP) is 4.37.